The van der Waals surface area contributed by atoms with E-state index in [-0.39, 0.29) is 5.41 Å². The van der Waals surface area contributed by atoms with E-state index in [4.69, 9.17) is 4.74 Å². The molecule has 31 heavy (non-hydrogen) atoms. The van der Waals surface area contributed by atoms with Crippen LogP contribution in [0, 0.1) is 0 Å². The van der Waals surface area contributed by atoms with Crippen LogP contribution >= 0.6 is 15.9 Å². The maximum absolute atomic E-state index is 6.31. The van der Waals surface area contributed by atoms with Gasteiger partial charge in [0.1, 0.15) is 11.5 Å². The Morgan fingerprint density at radius 3 is 2.35 bits per heavy atom. The molecule has 0 amide bonds. The Labute approximate surface area is 192 Å². The Morgan fingerprint density at radius 1 is 0.806 bits per heavy atom. The summed E-state index contributed by atoms with van der Waals surface area (Å²) in [5, 5.41) is 3.51. The number of hydrogen-bond donors (Lipinski definition) is 1. The number of pyridine rings is 1. The minimum atomic E-state index is -0.0144. The predicted octanol–water partition coefficient (Wildman–Crippen LogP) is 8.34. The minimum Gasteiger partial charge on any atom is -0.457 e. The second kappa shape index (κ2) is 8.94. The van der Waals surface area contributed by atoms with Crippen LogP contribution in [0.1, 0.15) is 26.3 Å². The number of para-hydroxylation sites is 1. The van der Waals surface area contributed by atoms with Gasteiger partial charge in [0.15, 0.2) is 0 Å². The summed E-state index contributed by atoms with van der Waals surface area (Å²) in [5.41, 5.74) is 5.12. The Bertz CT molecular complexity index is 1180. The van der Waals surface area contributed by atoms with Gasteiger partial charge in [-0.25, -0.2) is 0 Å². The highest BCUT2D eigenvalue weighted by Crippen LogP contribution is 2.35. The molecule has 0 atom stereocenters. The summed E-state index contributed by atoms with van der Waals surface area (Å²) in [4.78, 5) is 4.44. The van der Waals surface area contributed by atoms with Crippen molar-refractivity contribution in [3.63, 3.8) is 0 Å². The maximum Gasteiger partial charge on any atom is 0.129 e. The fourth-order valence-electron chi connectivity index (χ4n) is 3.27. The number of halogens is 1. The van der Waals surface area contributed by atoms with E-state index >= 15 is 0 Å². The topological polar surface area (TPSA) is 34.1 Å². The van der Waals surface area contributed by atoms with E-state index in [0.29, 0.717) is 0 Å². The van der Waals surface area contributed by atoms with Crippen molar-refractivity contribution in [3.8, 4) is 22.8 Å². The molecule has 3 nitrogen and oxygen atoms in total. The molecule has 0 saturated heterocycles. The normalized spacial score (nSPS) is 11.2. The SMILES string of the molecule is CC(C)(C)c1cc(Nc2ccccc2Br)cc(Oc2cccc(-c3ccccn3)c2)c1. The van der Waals surface area contributed by atoms with Crippen molar-refractivity contribution in [1.82, 2.24) is 4.98 Å². The van der Waals surface area contributed by atoms with E-state index in [0.717, 1.165) is 38.6 Å². The summed E-state index contributed by atoms with van der Waals surface area (Å²) in [6, 6.07) is 28.3. The highest BCUT2D eigenvalue weighted by molar-refractivity contribution is 9.10. The molecule has 4 heteroatoms. The molecule has 0 bridgehead atoms. The molecule has 1 aromatic heterocycles. The molecule has 0 saturated carbocycles. The monoisotopic (exact) mass is 472 g/mol. The Balaban J connectivity index is 1.67. The third kappa shape index (κ3) is 5.33. The Morgan fingerprint density at radius 2 is 1.61 bits per heavy atom. The maximum atomic E-state index is 6.31. The van der Waals surface area contributed by atoms with Gasteiger partial charge in [0.25, 0.3) is 0 Å². The average Bonchev–Trinajstić information content (AvgIpc) is 2.75. The first-order chi connectivity index (χ1) is 14.9. The third-order valence-electron chi connectivity index (χ3n) is 4.96. The van der Waals surface area contributed by atoms with E-state index in [1.807, 2.05) is 72.8 Å². The van der Waals surface area contributed by atoms with Crippen molar-refractivity contribution < 1.29 is 4.74 Å². The van der Waals surface area contributed by atoms with Crippen LogP contribution < -0.4 is 10.1 Å². The van der Waals surface area contributed by atoms with Gasteiger partial charge >= 0.3 is 0 Å². The van der Waals surface area contributed by atoms with Crippen molar-refractivity contribution in [1.29, 1.82) is 0 Å². The molecule has 4 rings (SSSR count). The van der Waals surface area contributed by atoms with Crippen LogP contribution in [0.3, 0.4) is 0 Å². The molecule has 0 unspecified atom stereocenters. The third-order valence-corrected chi connectivity index (χ3v) is 5.65. The van der Waals surface area contributed by atoms with E-state index < -0.39 is 0 Å². The fraction of sp³-hybridized carbons (Fsp3) is 0.148. The van der Waals surface area contributed by atoms with Crippen molar-refractivity contribution in [2.75, 3.05) is 5.32 Å². The number of nitrogens with one attached hydrogen (secondary N) is 1. The molecule has 0 radical (unpaired) electrons. The first-order valence-corrected chi connectivity index (χ1v) is 11.0. The molecule has 1 heterocycles. The lowest BCUT2D eigenvalue weighted by Crippen LogP contribution is -2.11. The minimum absolute atomic E-state index is 0.0144. The van der Waals surface area contributed by atoms with Crippen molar-refractivity contribution >= 4 is 27.3 Å². The van der Waals surface area contributed by atoms with Crippen LogP contribution in [-0.2, 0) is 5.41 Å². The lowest BCUT2D eigenvalue weighted by Gasteiger charge is -2.22. The zero-order chi connectivity index (χ0) is 21.8. The smallest absolute Gasteiger partial charge is 0.129 e. The number of nitrogens with zero attached hydrogens (tertiary/aromatic N) is 1. The highest BCUT2D eigenvalue weighted by Gasteiger charge is 2.17. The number of hydrogen-bond acceptors (Lipinski definition) is 3. The zero-order valence-corrected chi connectivity index (χ0v) is 19.5. The van der Waals surface area contributed by atoms with Crippen molar-refractivity contribution in [2.45, 2.75) is 26.2 Å². The van der Waals surface area contributed by atoms with Crippen LogP contribution in [0.5, 0.6) is 11.5 Å². The molecule has 0 fully saturated rings. The number of benzene rings is 3. The predicted molar refractivity (Wildman–Crippen MR) is 132 cm³/mol. The van der Waals surface area contributed by atoms with Gasteiger partial charge in [-0.3, -0.25) is 4.98 Å². The lowest BCUT2D eigenvalue weighted by molar-refractivity contribution is 0.479. The van der Waals surface area contributed by atoms with Gasteiger partial charge in [0.2, 0.25) is 0 Å². The second-order valence-electron chi connectivity index (χ2n) is 8.45. The van der Waals surface area contributed by atoms with E-state index in [9.17, 15) is 0 Å². The van der Waals surface area contributed by atoms with Gasteiger partial charge in [0, 0.05) is 28.0 Å². The molecular weight excluding hydrogens is 448 g/mol. The summed E-state index contributed by atoms with van der Waals surface area (Å²) in [6.07, 6.45) is 1.80. The summed E-state index contributed by atoms with van der Waals surface area (Å²) in [7, 11) is 0. The quantitative estimate of drug-likeness (QED) is 0.316. The number of rotatable bonds is 5. The number of aromatic nitrogens is 1. The van der Waals surface area contributed by atoms with Crippen molar-refractivity contribution in [3.05, 3.63) is 101 Å². The molecule has 0 aliphatic heterocycles. The fourth-order valence-corrected chi connectivity index (χ4v) is 3.65. The summed E-state index contributed by atoms with van der Waals surface area (Å²) < 4.78 is 7.32. The van der Waals surface area contributed by atoms with E-state index in [1.54, 1.807) is 6.20 Å². The van der Waals surface area contributed by atoms with Crippen LogP contribution in [0.25, 0.3) is 11.3 Å². The Hall–Kier alpha value is -3.11. The van der Waals surface area contributed by atoms with Crippen LogP contribution in [0.2, 0.25) is 0 Å². The molecule has 0 aliphatic rings. The summed E-state index contributed by atoms with van der Waals surface area (Å²) in [5.74, 6) is 1.57. The van der Waals surface area contributed by atoms with Crippen molar-refractivity contribution in [2.24, 2.45) is 0 Å². The van der Waals surface area contributed by atoms with E-state index in [2.05, 4.69) is 59.1 Å². The van der Waals surface area contributed by atoms with Crippen LogP contribution in [0.15, 0.2) is 95.6 Å². The lowest BCUT2D eigenvalue weighted by atomic mass is 9.86. The van der Waals surface area contributed by atoms with Crippen LogP contribution in [-0.4, -0.2) is 4.98 Å². The highest BCUT2D eigenvalue weighted by atomic mass is 79.9. The summed E-state index contributed by atoms with van der Waals surface area (Å²) in [6.45, 7) is 6.61. The average molecular weight is 473 g/mol. The largest absolute Gasteiger partial charge is 0.457 e. The standard InChI is InChI=1S/C27H25BrN2O/c1-27(2,3)20-16-21(30-26-13-5-4-11-24(26)28)18-23(17-20)31-22-10-8-9-19(15-22)25-12-6-7-14-29-25/h4-18,30H,1-3H3. The molecular formula is C27H25BrN2O. The van der Waals surface area contributed by atoms with Gasteiger partial charge in [-0.2, -0.15) is 0 Å². The van der Waals surface area contributed by atoms with Gasteiger partial charge in [-0.1, -0.05) is 51.1 Å². The molecule has 0 aliphatic carbocycles. The Kier molecular flexibility index (Phi) is 6.10. The number of anilines is 2. The van der Waals surface area contributed by atoms with Gasteiger partial charge < -0.3 is 10.1 Å². The zero-order valence-electron chi connectivity index (χ0n) is 17.9. The summed E-state index contributed by atoms with van der Waals surface area (Å²) >= 11 is 3.61. The first-order valence-electron chi connectivity index (χ1n) is 10.2. The van der Waals surface area contributed by atoms with E-state index in [1.165, 1.54) is 5.56 Å². The molecule has 0 spiro atoms. The molecule has 1 N–H and O–H groups in total. The number of ether oxygens (including phenoxy) is 1. The molecule has 4 aromatic rings. The molecule has 3 aromatic carbocycles. The molecule has 156 valence electrons. The van der Waals surface area contributed by atoms with Gasteiger partial charge in [-0.05, 0) is 75.4 Å². The first kappa shape index (κ1) is 21.1. The second-order valence-corrected chi connectivity index (χ2v) is 9.30. The van der Waals surface area contributed by atoms with Gasteiger partial charge in [0.05, 0.1) is 11.4 Å². The van der Waals surface area contributed by atoms with Gasteiger partial charge in [-0.15, -0.1) is 0 Å². The van der Waals surface area contributed by atoms with Crippen LogP contribution in [0.4, 0.5) is 11.4 Å².